The Morgan fingerprint density at radius 3 is 2.67 bits per heavy atom. The number of anilines is 2. The van der Waals surface area contributed by atoms with Crippen LogP contribution >= 0.6 is 0 Å². The van der Waals surface area contributed by atoms with Gasteiger partial charge in [-0.1, -0.05) is 12.1 Å². The first-order valence-electron chi connectivity index (χ1n) is 8.17. The lowest BCUT2D eigenvalue weighted by molar-refractivity contribution is -0.00517. The van der Waals surface area contributed by atoms with Crippen LogP contribution in [0.1, 0.15) is 19.4 Å². The molecule has 2 N–H and O–H groups in total. The summed E-state index contributed by atoms with van der Waals surface area (Å²) in [6.45, 7) is 6.17. The van der Waals surface area contributed by atoms with Gasteiger partial charge < -0.3 is 24.7 Å². The van der Waals surface area contributed by atoms with Gasteiger partial charge in [-0.2, -0.15) is 0 Å². The second kappa shape index (κ2) is 7.40. The quantitative estimate of drug-likeness (QED) is 0.904. The summed E-state index contributed by atoms with van der Waals surface area (Å²) < 4.78 is 10.8. The number of hydrogen-bond donors (Lipinski definition) is 2. The Labute approximate surface area is 141 Å². The number of carbonyl (C=O) groups excluding carboxylic acids is 1. The van der Waals surface area contributed by atoms with Crippen LogP contribution < -0.4 is 15.5 Å². The Kier molecular flexibility index (Phi) is 5.05. The fraction of sp³-hybridized carbons (Fsp3) is 0.389. The molecular formula is C18H23N3O3. The lowest BCUT2D eigenvalue weighted by Gasteiger charge is -2.37. The van der Waals surface area contributed by atoms with Gasteiger partial charge in [-0.3, -0.25) is 0 Å². The summed E-state index contributed by atoms with van der Waals surface area (Å²) in [7, 11) is 0. The van der Waals surface area contributed by atoms with Gasteiger partial charge in [0.2, 0.25) is 0 Å². The Balaban J connectivity index is 1.66. The highest BCUT2D eigenvalue weighted by molar-refractivity contribution is 5.93. The maximum Gasteiger partial charge on any atom is 0.319 e. The number of urea groups is 1. The van der Waals surface area contributed by atoms with Gasteiger partial charge in [-0.15, -0.1) is 0 Å². The molecule has 2 aromatic rings. The van der Waals surface area contributed by atoms with Gasteiger partial charge in [0.05, 0.1) is 36.1 Å². The van der Waals surface area contributed by atoms with Crippen molar-refractivity contribution in [3.63, 3.8) is 0 Å². The zero-order chi connectivity index (χ0) is 16.9. The van der Waals surface area contributed by atoms with E-state index in [1.54, 1.807) is 12.5 Å². The third-order valence-electron chi connectivity index (χ3n) is 3.95. The van der Waals surface area contributed by atoms with Crippen molar-refractivity contribution < 1.29 is 13.9 Å². The van der Waals surface area contributed by atoms with E-state index in [4.69, 9.17) is 9.15 Å². The molecule has 1 saturated heterocycles. The van der Waals surface area contributed by atoms with Crippen molar-refractivity contribution in [3.8, 4) is 0 Å². The summed E-state index contributed by atoms with van der Waals surface area (Å²) in [6, 6.07) is 9.42. The summed E-state index contributed by atoms with van der Waals surface area (Å²) >= 11 is 0. The first-order chi connectivity index (χ1) is 11.6. The monoisotopic (exact) mass is 329 g/mol. The van der Waals surface area contributed by atoms with Crippen LogP contribution in [0.2, 0.25) is 0 Å². The van der Waals surface area contributed by atoms with Crippen LogP contribution in [0.15, 0.2) is 47.3 Å². The van der Waals surface area contributed by atoms with Crippen LogP contribution in [-0.2, 0) is 11.3 Å². The molecule has 2 heterocycles. The molecule has 2 atom stereocenters. The topological polar surface area (TPSA) is 66.7 Å². The third-order valence-corrected chi connectivity index (χ3v) is 3.95. The third kappa shape index (κ3) is 4.08. The normalized spacial score (nSPS) is 20.7. The van der Waals surface area contributed by atoms with Gasteiger partial charge in [-0.25, -0.2) is 4.79 Å². The van der Waals surface area contributed by atoms with Crippen molar-refractivity contribution in [2.75, 3.05) is 23.3 Å². The first kappa shape index (κ1) is 16.4. The van der Waals surface area contributed by atoms with Crippen molar-refractivity contribution in [1.82, 2.24) is 5.32 Å². The number of nitrogens with zero attached hydrogens (tertiary/aromatic N) is 1. The van der Waals surface area contributed by atoms with Crippen LogP contribution in [0.5, 0.6) is 0 Å². The second-order valence-corrected chi connectivity index (χ2v) is 6.12. The molecule has 0 saturated carbocycles. The molecule has 1 aliphatic rings. The summed E-state index contributed by atoms with van der Waals surface area (Å²) in [5, 5.41) is 5.76. The number of ether oxygens (including phenoxy) is 1. The van der Waals surface area contributed by atoms with Crippen LogP contribution in [0.4, 0.5) is 16.2 Å². The smallest absolute Gasteiger partial charge is 0.319 e. The predicted molar refractivity (Wildman–Crippen MR) is 93.2 cm³/mol. The summed E-state index contributed by atoms with van der Waals surface area (Å²) in [5.41, 5.74) is 2.73. The number of amides is 2. The number of nitrogens with one attached hydrogen (secondary N) is 2. The van der Waals surface area contributed by atoms with Gasteiger partial charge in [0.25, 0.3) is 0 Å². The van der Waals surface area contributed by atoms with Gasteiger partial charge in [-0.05, 0) is 32.0 Å². The van der Waals surface area contributed by atoms with E-state index in [0.29, 0.717) is 6.54 Å². The van der Waals surface area contributed by atoms with Crippen LogP contribution in [-0.4, -0.2) is 31.3 Å². The molecule has 1 fully saturated rings. The molecular weight excluding hydrogens is 306 g/mol. The number of benzene rings is 1. The average molecular weight is 329 g/mol. The summed E-state index contributed by atoms with van der Waals surface area (Å²) in [6.07, 6.45) is 3.53. The number of para-hydroxylation sites is 2. The van der Waals surface area contributed by atoms with Gasteiger partial charge >= 0.3 is 6.03 Å². The first-order valence-corrected chi connectivity index (χ1v) is 8.17. The van der Waals surface area contributed by atoms with E-state index in [1.165, 1.54) is 0 Å². The van der Waals surface area contributed by atoms with E-state index >= 15 is 0 Å². The van der Waals surface area contributed by atoms with Crippen molar-refractivity contribution in [2.24, 2.45) is 0 Å². The van der Waals surface area contributed by atoms with Crippen molar-refractivity contribution in [1.29, 1.82) is 0 Å². The lowest BCUT2D eigenvalue weighted by atomic mass is 10.1. The molecule has 6 heteroatoms. The van der Waals surface area contributed by atoms with E-state index in [0.717, 1.165) is 30.0 Å². The van der Waals surface area contributed by atoms with E-state index in [1.807, 2.05) is 30.3 Å². The van der Waals surface area contributed by atoms with Crippen molar-refractivity contribution >= 4 is 17.4 Å². The molecule has 24 heavy (non-hydrogen) atoms. The molecule has 1 aromatic carbocycles. The minimum absolute atomic E-state index is 0.164. The van der Waals surface area contributed by atoms with E-state index < -0.39 is 0 Å². The average Bonchev–Trinajstić information content (AvgIpc) is 3.06. The van der Waals surface area contributed by atoms with Gasteiger partial charge in [0.1, 0.15) is 0 Å². The zero-order valence-electron chi connectivity index (χ0n) is 14.0. The molecule has 6 nitrogen and oxygen atoms in total. The number of carbonyl (C=O) groups is 1. The van der Waals surface area contributed by atoms with Crippen LogP contribution in [0.25, 0.3) is 0 Å². The zero-order valence-corrected chi connectivity index (χ0v) is 14.0. The minimum Gasteiger partial charge on any atom is -0.472 e. The van der Waals surface area contributed by atoms with Crippen molar-refractivity contribution in [3.05, 3.63) is 48.4 Å². The summed E-state index contributed by atoms with van der Waals surface area (Å²) in [4.78, 5) is 14.4. The molecule has 0 radical (unpaired) electrons. The molecule has 1 aliphatic heterocycles. The number of rotatable bonds is 4. The van der Waals surface area contributed by atoms with Crippen LogP contribution in [0.3, 0.4) is 0 Å². The number of morpholine rings is 1. The molecule has 0 unspecified atom stereocenters. The predicted octanol–water partition coefficient (Wildman–Crippen LogP) is 3.21. The Morgan fingerprint density at radius 1 is 1.21 bits per heavy atom. The maximum atomic E-state index is 12.2. The lowest BCUT2D eigenvalue weighted by Crippen LogP contribution is -2.45. The highest BCUT2D eigenvalue weighted by Crippen LogP contribution is 2.28. The Morgan fingerprint density at radius 2 is 1.96 bits per heavy atom. The largest absolute Gasteiger partial charge is 0.472 e. The SMILES string of the molecule is C[C@@H]1CN(c2ccccc2NC(=O)NCc2ccoc2)C[C@H](C)O1. The van der Waals surface area contributed by atoms with Gasteiger partial charge in [0.15, 0.2) is 0 Å². The highest BCUT2D eigenvalue weighted by atomic mass is 16.5. The standard InChI is InChI=1S/C18H23N3O3/c1-13-10-21(11-14(2)24-13)17-6-4-3-5-16(17)20-18(22)19-9-15-7-8-23-12-15/h3-8,12-14H,9-11H2,1-2H3,(H2,19,20,22)/t13-,14+. The fourth-order valence-corrected chi connectivity index (χ4v) is 2.97. The van der Waals surface area contributed by atoms with E-state index in [2.05, 4.69) is 29.4 Å². The molecule has 128 valence electrons. The van der Waals surface area contributed by atoms with E-state index in [9.17, 15) is 4.79 Å². The molecule has 0 bridgehead atoms. The Hall–Kier alpha value is -2.47. The summed E-state index contributed by atoms with van der Waals surface area (Å²) in [5.74, 6) is 0. The fourth-order valence-electron chi connectivity index (χ4n) is 2.97. The molecule has 2 amide bonds. The van der Waals surface area contributed by atoms with E-state index in [-0.39, 0.29) is 18.2 Å². The van der Waals surface area contributed by atoms with Gasteiger partial charge in [0, 0.05) is 25.2 Å². The number of furan rings is 1. The molecule has 1 aromatic heterocycles. The second-order valence-electron chi connectivity index (χ2n) is 6.12. The highest BCUT2D eigenvalue weighted by Gasteiger charge is 2.24. The molecule has 3 rings (SSSR count). The van der Waals surface area contributed by atoms with Crippen molar-refractivity contribution in [2.45, 2.75) is 32.6 Å². The maximum absolute atomic E-state index is 12.2. The molecule has 0 aliphatic carbocycles. The Bertz CT molecular complexity index is 662. The molecule has 0 spiro atoms. The minimum atomic E-state index is -0.238. The number of hydrogen-bond acceptors (Lipinski definition) is 4. The van der Waals surface area contributed by atoms with Crippen LogP contribution in [0, 0.1) is 0 Å².